The van der Waals surface area contributed by atoms with Gasteiger partial charge in [0.15, 0.2) is 11.5 Å². The second kappa shape index (κ2) is 4.25. The Morgan fingerprint density at radius 2 is 1.06 bits per heavy atom. The maximum absolute atomic E-state index is 9.50. The van der Waals surface area contributed by atoms with E-state index in [-0.39, 0.29) is 28.7 Å². The van der Waals surface area contributed by atoms with Gasteiger partial charge in [-0.05, 0) is 0 Å². The fourth-order valence-corrected chi connectivity index (χ4v) is 1.43. The summed E-state index contributed by atoms with van der Waals surface area (Å²) < 4.78 is 5.13. The van der Waals surface area contributed by atoms with Gasteiger partial charge in [0.1, 0.15) is 23.0 Å². The van der Waals surface area contributed by atoms with Gasteiger partial charge >= 0.3 is 0 Å². The molecule has 0 atom stereocenters. The average Bonchev–Trinajstić information content (AvgIpc) is 2.22. The highest BCUT2D eigenvalue weighted by molar-refractivity contribution is 5.56. The molecule has 0 unspecified atom stereocenters. The second-order valence-electron chi connectivity index (χ2n) is 3.60. The molecule has 2 aromatic carbocycles. The molecular weight excluding hydrogens is 240 g/mol. The predicted octanol–water partition coefficient (Wildman–Crippen LogP) is 2.01. The number of ether oxygens (including phenoxy) is 1. The minimum absolute atomic E-state index is 0.0174. The molecule has 2 rings (SSSR count). The monoisotopic (exact) mass is 250 g/mol. The first-order valence-corrected chi connectivity index (χ1v) is 4.91. The third-order valence-electron chi connectivity index (χ3n) is 2.13. The van der Waals surface area contributed by atoms with E-state index in [1.165, 1.54) is 12.1 Å². The van der Waals surface area contributed by atoms with Crippen LogP contribution in [0, 0.1) is 0 Å². The number of hydrogen-bond donors (Lipinski definition) is 5. The molecular formula is C12H10O6. The standard InChI is InChI=1S/C12H10O6/c13-6-1-7(14)3-9(2-6)18-12-10(16)4-8(15)5-11(12)17/h1-5,13-17H. The van der Waals surface area contributed by atoms with Crippen molar-refractivity contribution >= 4 is 0 Å². The lowest BCUT2D eigenvalue weighted by molar-refractivity contribution is 0.365. The van der Waals surface area contributed by atoms with Crippen molar-refractivity contribution in [2.24, 2.45) is 0 Å². The van der Waals surface area contributed by atoms with Crippen molar-refractivity contribution < 1.29 is 30.3 Å². The molecule has 0 amide bonds. The van der Waals surface area contributed by atoms with Crippen LogP contribution in [0.1, 0.15) is 0 Å². The first kappa shape index (κ1) is 11.7. The van der Waals surface area contributed by atoms with Crippen LogP contribution in [0.3, 0.4) is 0 Å². The van der Waals surface area contributed by atoms with Crippen LogP contribution in [-0.4, -0.2) is 25.5 Å². The first-order chi connectivity index (χ1) is 8.45. The van der Waals surface area contributed by atoms with E-state index in [4.69, 9.17) is 9.84 Å². The van der Waals surface area contributed by atoms with Crippen LogP contribution in [-0.2, 0) is 0 Å². The summed E-state index contributed by atoms with van der Waals surface area (Å²) in [6, 6.07) is 5.44. The van der Waals surface area contributed by atoms with Crippen LogP contribution >= 0.6 is 0 Å². The molecule has 0 fully saturated rings. The predicted molar refractivity (Wildman–Crippen MR) is 61.3 cm³/mol. The molecule has 0 spiro atoms. The summed E-state index contributed by atoms with van der Waals surface area (Å²) in [7, 11) is 0. The summed E-state index contributed by atoms with van der Waals surface area (Å²) in [5.74, 6) is -2.02. The van der Waals surface area contributed by atoms with Crippen molar-refractivity contribution in [1.29, 1.82) is 0 Å². The van der Waals surface area contributed by atoms with Crippen molar-refractivity contribution in [2.75, 3.05) is 0 Å². The minimum Gasteiger partial charge on any atom is -0.508 e. The molecule has 0 aromatic heterocycles. The fourth-order valence-electron chi connectivity index (χ4n) is 1.43. The van der Waals surface area contributed by atoms with Gasteiger partial charge in [0, 0.05) is 30.3 Å². The molecule has 0 aliphatic carbocycles. The molecule has 0 heterocycles. The highest BCUT2D eigenvalue weighted by atomic mass is 16.5. The molecule has 0 aliphatic rings. The molecule has 0 aliphatic heterocycles. The summed E-state index contributed by atoms with van der Waals surface area (Å²) in [5, 5.41) is 46.6. The van der Waals surface area contributed by atoms with E-state index in [1.54, 1.807) is 0 Å². The zero-order valence-corrected chi connectivity index (χ0v) is 9.03. The largest absolute Gasteiger partial charge is 0.508 e. The van der Waals surface area contributed by atoms with E-state index in [9.17, 15) is 20.4 Å². The molecule has 18 heavy (non-hydrogen) atoms. The van der Waals surface area contributed by atoms with Crippen molar-refractivity contribution in [3.63, 3.8) is 0 Å². The molecule has 94 valence electrons. The Labute approximate surface area is 102 Å². The Balaban J connectivity index is 2.40. The Kier molecular flexibility index (Phi) is 2.77. The van der Waals surface area contributed by atoms with Gasteiger partial charge in [0.05, 0.1) is 0 Å². The normalized spacial score (nSPS) is 10.2. The molecule has 0 saturated carbocycles. The van der Waals surface area contributed by atoms with Crippen molar-refractivity contribution in [2.45, 2.75) is 0 Å². The molecule has 2 aromatic rings. The number of aromatic hydroxyl groups is 5. The van der Waals surface area contributed by atoms with Gasteiger partial charge in [0.2, 0.25) is 5.75 Å². The number of rotatable bonds is 2. The first-order valence-electron chi connectivity index (χ1n) is 4.91. The Hall–Kier alpha value is -2.76. The van der Waals surface area contributed by atoms with Crippen LogP contribution in [0.15, 0.2) is 30.3 Å². The van der Waals surface area contributed by atoms with E-state index in [1.807, 2.05) is 0 Å². The summed E-state index contributed by atoms with van der Waals surface area (Å²) in [6.45, 7) is 0. The lowest BCUT2D eigenvalue weighted by Gasteiger charge is -2.10. The Morgan fingerprint density at radius 3 is 1.56 bits per heavy atom. The number of hydrogen-bond acceptors (Lipinski definition) is 6. The van der Waals surface area contributed by atoms with Gasteiger partial charge < -0.3 is 30.3 Å². The fraction of sp³-hybridized carbons (Fsp3) is 0. The molecule has 5 N–H and O–H groups in total. The zero-order valence-electron chi connectivity index (χ0n) is 9.03. The SMILES string of the molecule is Oc1cc(O)cc(Oc2c(O)cc(O)cc2O)c1. The van der Waals surface area contributed by atoms with Gasteiger partial charge in [-0.25, -0.2) is 0 Å². The van der Waals surface area contributed by atoms with Crippen molar-refractivity contribution in [3.8, 4) is 40.2 Å². The second-order valence-corrected chi connectivity index (χ2v) is 3.60. The number of phenols is 5. The van der Waals surface area contributed by atoms with Crippen LogP contribution in [0.2, 0.25) is 0 Å². The van der Waals surface area contributed by atoms with Crippen molar-refractivity contribution in [1.82, 2.24) is 0 Å². The molecule has 0 bridgehead atoms. The van der Waals surface area contributed by atoms with E-state index >= 15 is 0 Å². The van der Waals surface area contributed by atoms with Gasteiger partial charge in [0.25, 0.3) is 0 Å². The van der Waals surface area contributed by atoms with Crippen LogP contribution < -0.4 is 4.74 Å². The summed E-state index contributed by atoms with van der Waals surface area (Å²) >= 11 is 0. The summed E-state index contributed by atoms with van der Waals surface area (Å²) in [4.78, 5) is 0. The third-order valence-corrected chi connectivity index (χ3v) is 2.13. The maximum atomic E-state index is 9.50. The van der Waals surface area contributed by atoms with Crippen LogP contribution in [0.25, 0.3) is 0 Å². The van der Waals surface area contributed by atoms with E-state index < -0.39 is 11.5 Å². The highest BCUT2D eigenvalue weighted by Crippen LogP contribution is 2.42. The van der Waals surface area contributed by atoms with E-state index in [0.29, 0.717) is 0 Å². The Morgan fingerprint density at radius 1 is 0.611 bits per heavy atom. The maximum Gasteiger partial charge on any atom is 0.210 e. The quantitative estimate of drug-likeness (QED) is 0.557. The highest BCUT2D eigenvalue weighted by Gasteiger charge is 2.13. The van der Waals surface area contributed by atoms with Gasteiger partial charge in [-0.2, -0.15) is 0 Å². The van der Waals surface area contributed by atoms with E-state index in [2.05, 4.69) is 0 Å². The summed E-state index contributed by atoms with van der Waals surface area (Å²) in [6.07, 6.45) is 0. The van der Waals surface area contributed by atoms with Gasteiger partial charge in [-0.3, -0.25) is 0 Å². The van der Waals surface area contributed by atoms with Gasteiger partial charge in [-0.1, -0.05) is 0 Å². The lowest BCUT2D eigenvalue weighted by Crippen LogP contribution is -1.86. The van der Waals surface area contributed by atoms with Crippen molar-refractivity contribution in [3.05, 3.63) is 30.3 Å². The molecule has 0 saturated heterocycles. The smallest absolute Gasteiger partial charge is 0.210 e. The molecule has 0 radical (unpaired) electrons. The number of phenolic OH excluding ortho intramolecular Hbond substituents is 5. The number of benzene rings is 2. The third kappa shape index (κ3) is 2.32. The topological polar surface area (TPSA) is 110 Å². The molecule has 6 heteroatoms. The zero-order chi connectivity index (χ0) is 13.3. The van der Waals surface area contributed by atoms with Gasteiger partial charge in [-0.15, -0.1) is 0 Å². The molecule has 6 nitrogen and oxygen atoms in total. The van der Waals surface area contributed by atoms with Crippen LogP contribution in [0.4, 0.5) is 0 Å². The average molecular weight is 250 g/mol. The minimum atomic E-state index is -0.477. The van der Waals surface area contributed by atoms with E-state index in [0.717, 1.165) is 18.2 Å². The van der Waals surface area contributed by atoms with Crippen LogP contribution in [0.5, 0.6) is 40.2 Å². The summed E-state index contributed by atoms with van der Waals surface area (Å²) in [5.41, 5.74) is 0. The lowest BCUT2D eigenvalue weighted by atomic mass is 10.2. The Bertz CT molecular complexity index is 550.